The largest absolute Gasteiger partial charge is 0.103 e. The Morgan fingerprint density at radius 1 is 0.333 bits per heavy atom. The van der Waals surface area contributed by atoms with Crippen LogP contribution in [0, 0.1) is 0 Å². The highest BCUT2D eigenvalue weighted by molar-refractivity contribution is 4.81. The van der Waals surface area contributed by atoms with Gasteiger partial charge in [0.05, 0.1) is 0 Å². The molecule has 0 heterocycles. The Morgan fingerprint density at radius 3 is 0.848 bits per heavy atom. The second kappa shape index (κ2) is 31.5. The van der Waals surface area contributed by atoms with Crippen LogP contribution >= 0.6 is 0 Å². The topological polar surface area (TPSA) is 0 Å². The summed E-state index contributed by atoms with van der Waals surface area (Å²) in [6.45, 7) is 6.09. The van der Waals surface area contributed by atoms with E-state index in [2.05, 4.69) is 31.7 Å². The molecule has 0 bridgehead atoms. The SMILES string of the molecule is C=CCCCCCCCCCCCCCCCCCCCCCC=CCCCCCCCC. The summed E-state index contributed by atoms with van der Waals surface area (Å²) < 4.78 is 0. The van der Waals surface area contributed by atoms with Gasteiger partial charge in [-0.25, -0.2) is 0 Å². The van der Waals surface area contributed by atoms with Crippen molar-refractivity contribution in [1.29, 1.82) is 0 Å². The highest BCUT2D eigenvalue weighted by Crippen LogP contribution is 2.15. The fourth-order valence-electron chi connectivity index (χ4n) is 4.83. The van der Waals surface area contributed by atoms with Crippen LogP contribution in [0.4, 0.5) is 0 Å². The lowest BCUT2D eigenvalue weighted by atomic mass is 10.0. The first-order chi connectivity index (χ1) is 16.4. The number of hydrogen-bond donors (Lipinski definition) is 0. The van der Waals surface area contributed by atoms with Crippen molar-refractivity contribution in [2.24, 2.45) is 0 Å². The van der Waals surface area contributed by atoms with Crippen molar-refractivity contribution in [2.45, 2.75) is 187 Å². The van der Waals surface area contributed by atoms with Crippen LogP contribution in [0.15, 0.2) is 24.8 Å². The molecule has 0 saturated heterocycles. The van der Waals surface area contributed by atoms with Gasteiger partial charge in [-0.1, -0.05) is 166 Å². The maximum Gasteiger partial charge on any atom is -0.0351 e. The van der Waals surface area contributed by atoms with Gasteiger partial charge in [0, 0.05) is 0 Å². The van der Waals surface area contributed by atoms with Crippen LogP contribution in [0.25, 0.3) is 0 Å². The Kier molecular flexibility index (Phi) is 31.0. The third-order valence-corrected chi connectivity index (χ3v) is 7.17. The molecule has 0 atom stereocenters. The van der Waals surface area contributed by atoms with E-state index in [1.165, 1.54) is 180 Å². The van der Waals surface area contributed by atoms with E-state index >= 15 is 0 Å². The maximum atomic E-state index is 3.80. The van der Waals surface area contributed by atoms with E-state index in [-0.39, 0.29) is 0 Å². The summed E-state index contributed by atoms with van der Waals surface area (Å²) in [5.41, 5.74) is 0. The van der Waals surface area contributed by atoms with E-state index < -0.39 is 0 Å². The van der Waals surface area contributed by atoms with Gasteiger partial charge in [0.2, 0.25) is 0 Å². The van der Waals surface area contributed by atoms with Crippen LogP contribution in [0.5, 0.6) is 0 Å². The summed E-state index contributed by atoms with van der Waals surface area (Å²) in [7, 11) is 0. The van der Waals surface area contributed by atoms with Crippen molar-refractivity contribution in [3.63, 3.8) is 0 Å². The van der Waals surface area contributed by atoms with Crippen molar-refractivity contribution in [2.75, 3.05) is 0 Å². The Balaban J connectivity index is 3.05. The second-order valence-electron chi connectivity index (χ2n) is 10.6. The van der Waals surface area contributed by atoms with Crippen molar-refractivity contribution in [3.05, 3.63) is 24.8 Å². The quantitative estimate of drug-likeness (QED) is 0.0768. The molecule has 0 N–H and O–H groups in total. The van der Waals surface area contributed by atoms with Crippen molar-refractivity contribution in [3.8, 4) is 0 Å². The molecule has 0 aliphatic heterocycles. The zero-order chi connectivity index (χ0) is 23.9. The minimum absolute atomic E-state index is 1.21. The zero-order valence-corrected chi connectivity index (χ0v) is 23.2. The highest BCUT2D eigenvalue weighted by atomic mass is 14.0. The van der Waals surface area contributed by atoms with Crippen molar-refractivity contribution >= 4 is 0 Å². The van der Waals surface area contributed by atoms with E-state index in [1.807, 2.05) is 0 Å². The van der Waals surface area contributed by atoms with Gasteiger partial charge in [0.1, 0.15) is 0 Å². The third-order valence-electron chi connectivity index (χ3n) is 7.17. The van der Waals surface area contributed by atoms with E-state index in [0.29, 0.717) is 0 Å². The van der Waals surface area contributed by atoms with Crippen LogP contribution in [0.3, 0.4) is 0 Å². The second-order valence-corrected chi connectivity index (χ2v) is 10.6. The van der Waals surface area contributed by atoms with Crippen LogP contribution in [0.2, 0.25) is 0 Å². The van der Waals surface area contributed by atoms with E-state index in [0.717, 1.165) is 0 Å². The fourth-order valence-corrected chi connectivity index (χ4v) is 4.83. The molecule has 0 unspecified atom stereocenters. The first kappa shape index (κ1) is 32.5. The van der Waals surface area contributed by atoms with Gasteiger partial charge in [-0.15, -0.1) is 6.58 Å². The lowest BCUT2D eigenvalue weighted by Crippen LogP contribution is -1.84. The van der Waals surface area contributed by atoms with Gasteiger partial charge in [0.25, 0.3) is 0 Å². The Labute approximate surface area is 211 Å². The van der Waals surface area contributed by atoms with E-state index in [1.54, 1.807) is 0 Å². The Bertz CT molecular complexity index is 366. The molecular formula is C33H64. The molecule has 0 saturated carbocycles. The molecule has 0 fully saturated rings. The van der Waals surface area contributed by atoms with Gasteiger partial charge in [-0.05, 0) is 38.5 Å². The lowest BCUT2D eigenvalue weighted by Gasteiger charge is -2.04. The molecule has 0 heteroatoms. The first-order valence-corrected chi connectivity index (χ1v) is 15.7. The number of allylic oxidation sites excluding steroid dienone is 3. The molecular weight excluding hydrogens is 396 g/mol. The molecule has 0 spiro atoms. The van der Waals surface area contributed by atoms with Crippen molar-refractivity contribution in [1.82, 2.24) is 0 Å². The van der Waals surface area contributed by atoms with Crippen LogP contribution < -0.4 is 0 Å². The number of hydrogen-bond acceptors (Lipinski definition) is 0. The van der Waals surface area contributed by atoms with E-state index in [9.17, 15) is 0 Å². The molecule has 0 aliphatic rings. The molecule has 0 aromatic carbocycles. The molecule has 0 aromatic rings. The van der Waals surface area contributed by atoms with Gasteiger partial charge >= 0.3 is 0 Å². The minimum Gasteiger partial charge on any atom is -0.103 e. The smallest absolute Gasteiger partial charge is 0.0351 e. The summed E-state index contributed by atoms with van der Waals surface area (Å²) in [5.74, 6) is 0. The summed E-state index contributed by atoms with van der Waals surface area (Å²) in [6, 6.07) is 0. The monoisotopic (exact) mass is 461 g/mol. The van der Waals surface area contributed by atoms with Crippen LogP contribution in [-0.4, -0.2) is 0 Å². The van der Waals surface area contributed by atoms with Crippen molar-refractivity contribution < 1.29 is 0 Å². The van der Waals surface area contributed by atoms with Gasteiger partial charge in [-0.3, -0.25) is 0 Å². The molecule has 33 heavy (non-hydrogen) atoms. The van der Waals surface area contributed by atoms with Crippen LogP contribution in [-0.2, 0) is 0 Å². The van der Waals surface area contributed by atoms with Gasteiger partial charge in [0.15, 0.2) is 0 Å². The molecule has 0 aliphatic carbocycles. The molecule has 0 aromatic heterocycles. The fraction of sp³-hybridized carbons (Fsp3) is 0.879. The molecule has 0 rings (SSSR count). The number of unbranched alkanes of at least 4 members (excludes halogenated alkanes) is 26. The van der Waals surface area contributed by atoms with Crippen LogP contribution in [0.1, 0.15) is 187 Å². The maximum absolute atomic E-state index is 3.80. The van der Waals surface area contributed by atoms with Gasteiger partial charge in [-0.2, -0.15) is 0 Å². The predicted octanol–water partition coefficient (Wildman–Crippen LogP) is 12.7. The average molecular weight is 461 g/mol. The Hall–Kier alpha value is -0.520. The minimum atomic E-state index is 1.21. The highest BCUT2D eigenvalue weighted by Gasteiger charge is 1.95. The normalized spacial score (nSPS) is 11.5. The van der Waals surface area contributed by atoms with E-state index in [4.69, 9.17) is 0 Å². The summed E-state index contributed by atoms with van der Waals surface area (Å²) in [6.07, 6.45) is 46.9. The third kappa shape index (κ3) is 31.5. The summed E-state index contributed by atoms with van der Waals surface area (Å²) in [4.78, 5) is 0. The molecule has 0 amide bonds. The molecule has 196 valence electrons. The summed E-state index contributed by atoms with van der Waals surface area (Å²) >= 11 is 0. The average Bonchev–Trinajstić information content (AvgIpc) is 2.83. The lowest BCUT2D eigenvalue weighted by molar-refractivity contribution is 0.522. The number of rotatable bonds is 29. The Morgan fingerprint density at radius 2 is 0.576 bits per heavy atom. The zero-order valence-electron chi connectivity index (χ0n) is 23.2. The first-order valence-electron chi connectivity index (χ1n) is 15.7. The summed E-state index contributed by atoms with van der Waals surface area (Å²) in [5, 5.41) is 0. The standard InChI is InChI=1S/C33H64/c1-3-5-7-9-11-13-15-17-19-21-23-25-27-29-31-33-32-30-28-26-24-22-20-18-16-14-12-10-8-6-4-2/h3,18,20H,1,4-17,19,21-33H2,2H3. The molecule has 0 radical (unpaired) electrons. The predicted molar refractivity (Wildman–Crippen MR) is 154 cm³/mol. The molecule has 0 nitrogen and oxygen atoms in total. The van der Waals surface area contributed by atoms with Gasteiger partial charge < -0.3 is 0 Å².